The summed E-state index contributed by atoms with van der Waals surface area (Å²) >= 11 is 0. The SMILES string of the molecule is [CH2-]CN(C[CH2-])CC1(O)CCN(c2ccc(C(C)C)cc2)CC1.[W+2]. The van der Waals surface area contributed by atoms with Crippen LogP contribution in [0.3, 0.4) is 0 Å². The van der Waals surface area contributed by atoms with E-state index in [1.165, 1.54) is 11.3 Å². The van der Waals surface area contributed by atoms with Crippen molar-refractivity contribution in [3.05, 3.63) is 43.7 Å². The number of rotatable bonds is 6. The standard InChI is InChI=1S/C19H30N2O.W/c1-5-20(6-2)15-19(22)11-13-21(14-12-19)18-9-7-17(8-10-18)16(3)4;/h7-10,16,22H,1-2,5-6,11-15H2,3-4H3;/q-2;+2. The van der Waals surface area contributed by atoms with Gasteiger partial charge in [-0.3, -0.25) is 0 Å². The number of benzene rings is 1. The van der Waals surface area contributed by atoms with Gasteiger partial charge in [-0.1, -0.05) is 26.0 Å². The number of piperidine rings is 1. The van der Waals surface area contributed by atoms with Crippen LogP contribution in [0, 0.1) is 13.8 Å². The molecule has 4 heteroatoms. The first kappa shape index (κ1) is 20.7. The molecule has 0 atom stereocenters. The summed E-state index contributed by atoms with van der Waals surface area (Å²) in [5.74, 6) is 0.566. The van der Waals surface area contributed by atoms with Gasteiger partial charge in [-0.05, 0) is 36.5 Å². The maximum atomic E-state index is 10.8. The second-order valence-electron chi connectivity index (χ2n) is 6.73. The first-order valence-electron chi connectivity index (χ1n) is 8.35. The minimum absolute atomic E-state index is 0. The van der Waals surface area contributed by atoms with Gasteiger partial charge in [-0.25, -0.2) is 0 Å². The van der Waals surface area contributed by atoms with Gasteiger partial charge >= 0.3 is 21.1 Å². The Bertz CT molecular complexity index is 449. The zero-order valence-corrected chi connectivity index (χ0v) is 17.4. The van der Waals surface area contributed by atoms with E-state index in [2.05, 4.69) is 61.8 Å². The Hall–Kier alpha value is -0.372. The number of hydrogen-bond donors (Lipinski definition) is 1. The molecule has 0 aliphatic carbocycles. The maximum absolute atomic E-state index is 10.8. The van der Waals surface area contributed by atoms with Crippen LogP contribution in [0.2, 0.25) is 0 Å². The van der Waals surface area contributed by atoms with Crippen molar-refractivity contribution in [2.45, 2.75) is 38.2 Å². The summed E-state index contributed by atoms with van der Waals surface area (Å²) in [5.41, 5.74) is 2.04. The molecule has 1 aliphatic heterocycles. The molecule has 0 spiro atoms. The Balaban J connectivity index is 0.00000264. The zero-order chi connectivity index (χ0) is 16.2. The molecule has 1 aliphatic rings. The fourth-order valence-corrected chi connectivity index (χ4v) is 3.10. The van der Waals surface area contributed by atoms with Gasteiger partial charge in [0.2, 0.25) is 0 Å². The number of hydrogen-bond acceptors (Lipinski definition) is 3. The van der Waals surface area contributed by atoms with Crippen molar-refractivity contribution < 1.29 is 26.2 Å². The molecule has 0 aromatic heterocycles. The third-order valence-electron chi connectivity index (χ3n) is 4.77. The molecule has 0 amide bonds. The van der Waals surface area contributed by atoms with E-state index < -0.39 is 5.60 Å². The van der Waals surface area contributed by atoms with Crippen LogP contribution < -0.4 is 4.90 Å². The largest absolute Gasteiger partial charge is 2.00 e. The van der Waals surface area contributed by atoms with E-state index in [1.54, 1.807) is 0 Å². The topological polar surface area (TPSA) is 26.7 Å². The summed E-state index contributed by atoms with van der Waals surface area (Å²) in [4.78, 5) is 4.48. The van der Waals surface area contributed by atoms with Crippen LogP contribution in [-0.4, -0.2) is 48.3 Å². The molecule has 0 saturated carbocycles. The molecule has 0 radical (unpaired) electrons. The van der Waals surface area contributed by atoms with Crippen molar-refractivity contribution in [1.82, 2.24) is 4.90 Å². The molecule has 128 valence electrons. The van der Waals surface area contributed by atoms with Crippen molar-refractivity contribution in [3.63, 3.8) is 0 Å². The molecule has 1 aromatic carbocycles. The van der Waals surface area contributed by atoms with Crippen molar-refractivity contribution in [3.8, 4) is 0 Å². The molecule has 0 bridgehead atoms. The summed E-state index contributed by atoms with van der Waals surface area (Å²) < 4.78 is 0. The minimum Gasteiger partial charge on any atom is -0.388 e. The van der Waals surface area contributed by atoms with Gasteiger partial charge in [0.1, 0.15) is 0 Å². The average Bonchev–Trinajstić information content (AvgIpc) is 2.53. The Kier molecular flexibility index (Phi) is 8.27. The van der Waals surface area contributed by atoms with Crippen molar-refractivity contribution in [1.29, 1.82) is 0 Å². The molecule has 1 heterocycles. The van der Waals surface area contributed by atoms with E-state index >= 15 is 0 Å². The Morgan fingerprint density at radius 3 is 2.09 bits per heavy atom. The zero-order valence-electron chi connectivity index (χ0n) is 14.5. The second-order valence-corrected chi connectivity index (χ2v) is 6.73. The molecule has 1 saturated heterocycles. The van der Waals surface area contributed by atoms with Crippen LogP contribution in [0.4, 0.5) is 5.69 Å². The van der Waals surface area contributed by atoms with E-state index in [-0.39, 0.29) is 21.1 Å². The van der Waals surface area contributed by atoms with Crippen molar-refractivity contribution >= 4 is 5.69 Å². The number of anilines is 1. The molecular weight excluding hydrogens is 456 g/mol. The molecule has 2 rings (SSSR count). The molecule has 1 N–H and O–H groups in total. The van der Waals surface area contributed by atoms with Crippen LogP contribution in [0.1, 0.15) is 38.2 Å². The summed E-state index contributed by atoms with van der Waals surface area (Å²) in [7, 11) is 0. The average molecular weight is 486 g/mol. The molecule has 1 aromatic rings. The Morgan fingerprint density at radius 2 is 1.65 bits per heavy atom. The van der Waals surface area contributed by atoms with Gasteiger partial charge in [0.05, 0.1) is 5.60 Å². The molecule has 0 unspecified atom stereocenters. The quantitative estimate of drug-likeness (QED) is 0.627. The van der Waals surface area contributed by atoms with Gasteiger partial charge in [-0.2, -0.15) is 0 Å². The first-order valence-corrected chi connectivity index (χ1v) is 8.35. The van der Waals surface area contributed by atoms with Gasteiger partial charge in [0.25, 0.3) is 0 Å². The molecule has 23 heavy (non-hydrogen) atoms. The van der Waals surface area contributed by atoms with Crippen molar-refractivity contribution in [2.24, 2.45) is 0 Å². The van der Waals surface area contributed by atoms with Crippen LogP contribution in [-0.2, 0) is 21.1 Å². The predicted octanol–water partition coefficient (Wildman–Crippen LogP) is 3.11. The van der Waals surface area contributed by atoms with Crippen LogP contribution in [0.25, 0.3) is 0 Å². The fraction of sp³-hybridized carbons (Fsp3) is 0.579. The van der Waals surface area contributed by atoms with Crippen LogP contribution in [0.15, 0.2) is 24.3 Å². The van der Waals surface area contributed by atoms with E-state index in [9.17, 15) is 5.11 Å². The number of aliphatic hydroxyl groups is 1. The van der Waals surface area contributed by atoms with Gasteiger partial charge in [0.15, 0.2) is 0 Å². The van der Waals surface area contributed by atoms with Crippen LogP contribution >= 0.6 is 0 Å². The summed E-state index contributed by atoms with van der Waals surface area (Å²) in [5, 5.41) is 10.8. The summed E-state index contributed by atoms with van der Waals surface area (Å²) in [6.45, 7) is 16.1. The Labute approximate surface area is 156 Å². The third kappa shape index (κ3) is 5.58. The minimum atomic E-state index is -0.593. The number of nitrogens with zero attached hydrogens (tertiary/aromatic N) is 2. The molecule has 3 nitrogen and oxygen atoms in total. The van der Waals surface area contributed by atoms with E-state index in [4.69, 9.17) is 0 Å². The fourth-order valence-electron chi connectivity index (χ4n) is 3.10. The molecular formula is C19H30N2OW. The molecule has 1 fully saturated rings. The predicted molar refractivity (Wildman–Crippen MR) is 94.1 cm³/mol. The van der Waals surface area contributed by atoms with E-state index in [0.717, 1.165) is 25.9 Å². The van der Waals surface area contributed by atoms with Crippen molar-refractivity contribution in [2.75, 3.05) is 37.6 Å². The first-order chi connectivity index (χ1) is 10.5. The van der Waals surface area contributed by atoms with Crippen LogP contribution in [0.5, 0.6) is 0 Å². The maximum Gasteiger partial charge on any atom is 2.00 e. The van der Waals surface area contributed by atoms with Gasteiger partial charge < -0.3 is 28.8 Å². The second kappa shape index (κ2) is 9.20. The smallest absolute Gasteiger partial charge is 0.388 e. The van der Waals surface area contributed by atoms with Gasteiger partial charge in [0, 0.05) is 25.3 Å². The van der Waals surface area contributed by atoms with E-state index in [0.29, 0.717) is 25.6 Å². The van der Waals surface area contributed by atoms with E-state index in [1.807, 2.05) is 0 Å². The monoisotopic (exact) mass is 486 g/mol. The summed E-state index contributed by atoms with van der Waals surface area (Å²) in [6, 6.07) is 8.85. The Morgan fingerprint density at radius 1 is 1.13 bits per heavy atom. The van der Waals surface area contributed by atoms with Gasteiger partial charge in [-0.15, -0.1) is 13.1 Å². The third-order valence-corrected chi connectivity index (χ3v) is 4.77. The normalized spacial score (nSPS) is 17.4. The summed E-state index contributed by atoms with van der Waals surface area (Å²) in [6.07, 6.45) is 1.60.